The van der Waals surface area contributed by atoms with Crippen molar-refractivity contribution in [2.45, 2.75) is 6.92 Å². The molecule has 25 heavy (non-hydrogen) atoms. The Balaban J connectivity index is 2.13. The summed E-state index contributed by atoms with van der Waals surface area (Å²) in [4.78, 5) is 34.2. The number of nitrogens with zero attached hydrogens (tertiary/aromatic N) is 1. The molecule has 130 valence electrons. The van der Waals surface area contributed by atoms with Crippen LogP contribution in [0.1, 0.15) is 6.92 Å². The van der Waals surface area contributed by atoms with Crippen LogP contribution in [0, 0.1) is 10.1 Å². The van der Waals surface area contributed by atoms with Crippen molar-refractivity contribution in [1.29, 1.82) is 0 Å². The first-order valence-electron chi connectivity index (χ1n) is 7.20. The van der Waals surface area contributed by atoms with Gasteiger partial charge in [-0.25, -0.2) is 0 Å². The lowest BCUT2D eigenvalue weighted by molar-refractivity contribution is -0.384. The van der Waals surface area contributed by atoms with Gasteiger partial charge in [0.1, 0.15) is 5.75 Å². The molecule has 8 nitrogen and oxygen atoms in total. The molecule has 0 aliphatic carbocycles. The lowest BCUT2D eigenvalue weighted by atomic mass is 10.2. The van der Waals surface area contributed by atoms with Gasteiger partial charge in [0.15, 0.2) is 0 Å². The second-order valence-electron chi connectivity index (χ2n) is 4.76. The van der Waals surface area contributed by atoms with Crippen LogP contribution >= 0.6 is 11.6 Å². The number of carbonyl (C=O) groups is 2. The normalized spacial score (nSPS) is 10.0. The molecule has 0 saturated heterocycles. The fraction of sp³-hybridized carbons (Fsp3) is 0.125. The van der Waals surface area contributed by atoms with Crippen LogP contribution in [-0.2, 0) is 9.59 Å². The van der Waals surface area contributed by atoms with E-state index in [0.29, 0.717) is 18.0 Å². The molecule has 0 radical (unpaired) electrons. The van der Waals surface area contributed by atoms with Gasteiger partial charge in [-0.05, 0) is 25.1 Å². The summed E-state index contributed by atoms with van der Waals surface area (Å²) in [5, 5.41) is 15.5. The topological polar surface area (TPSA) is 111 Å². The van der Waals surface area contributed by atoms with Crippen molar-refractivity contribution in [2.24, 2.45) is 0 Å². The summed E-state index contributed by atoms with van der Waals surface area (Å²) in [5.41, 5.74) is 0.0329. The maximum atomic E-state index is 12.0. The number of benzene rings is 2. The molecular formula is C16H14ClN3O5. The van der Waals surface area contributed by atoms with E-state index in [1.165, 1.54) is 12.1 Å². The number of para-hydroxylation sites is 2. The van der Waals surface area contributed by atoms with Crippen LogP contribution in [0.25, 0.3) is 0 Å². The number of nitro benzene ring substituents is 1. The Bertz CT molecular complexity index is 825. The minimum absolute atomic E-state index is 0.0332. The Morgan fingerprint density at radius 1 is 1.12 bits per heavy atom. The van der Waals surface area contributed by atoms with Crippen molar-refractivity contribution in [1.82, 2.24) is 0 Å². The van der Waals surface area contributed by atoms with Crippen LogP contribution in [-0.4, -0.2) is 23.3 Å². The van der Waals surface area contributed by atoms with E-state index < -0.39 is 16.7 Å². The van der Waals surface area contributed by atoms with E-state index in [9.17, 15) is 19.7 Å². The Hall–Kier alpha value is -3.13. The van der Waals surface area contributed by atoms with Crippen LogP contribution in [0.2, 0.25) is 5.02 Å². The largest absolute Gasteiger partial charge is 0.492 e. The van der Waals surface area contributed by atoms with E-state index in [2.05, 4.69) is 10.6 Å². The summed E-state index contributed by atoms with van der Waals surface area (Å²) >= 11 is 5.89. The highest BCUT2D eigenvalue weighted by Gasteiger charge is 2.18. The molecule has 0 unspecified atom stereocenters. The summed E-state index contributed by atoms with van der Waals surface area (Å²) in [6.45, 7) is 2.18. The molecule has 0 atom stereocenters. The number of nitrogens with one attached hydrogen (secondary N) is 2. The van der Waals surface area contributed by atoms with Gasteiger partial charge < -0.3 is 15.4 Å². The fourth-order valence-corrected chi connectivity index (χ4v) is 2.10. The van der Waals surface area contributed by atoms with Gasteiger partial charge in [0, 0.05) is 12.1 Å². The standard InChI is InChI=1S/C16H14ClN3O5/c1-2-25-14-6-4-3-5-12(14)18-15(21)16(22)19-13-9-10(20(23)24)7-8-11(13)17/h3-9H,2H2,1H3,(H,18,21)(H,19,22). The van der Waals surface area contributed by atoms with Crippen molar-refractivity contribution in [3.63, 3.8) is 0 Å². The molecule has 0 fully saturated rings. The SMILES string of the molecule is CCOc1ccccc1NC(=O)C(=O)Nc1cc([N+](=O)[O-])ccc1Cl. The predicted octanol–water partition coefficient (Wildman–Crippen LogP) is 3.22. The van der Waals surface area contributed by atoms with Crippen LogP contribution in [0.4, 0.5) is 17.1 Å². The summed E-state index contributed by atoms with van der Waals surface area (Å²) in [6, 6.07) is 10.2. The Labute approximate surface area is 147 Å². The predicted molar refractivity (Wildman–Crippen MR) is 93.0 cm³/mol. The molecule has 0 aliphatic heterocycles. The first-order chi connectivity index (χ1) is 11.9. The minimum atomic E-state index is -1.02. The highest BCUT2D eigenvalue weighted by molar-refractivity contribution is 6.45. The minimum Gasteiger partial charge on any atom is -0.492 e. The Morgan fingerprint density at radius 2 is 1.76 bits per heavy atom. The van der Waals surface area contributed by atoms with Gasteiger partial charge in [-0.2, -0.15) is 0 Å². The first kappa shape index (κ1) is 18.2. The summed E-state index contributed by atoms with van der Waals surface area (Å²) < 4.78 is 5.35. The molecule has 2 N–H and O–H groups in total. The van der Waals surface area contributed by atoms with Crippen LogP contribution < -0.4 is 15.4 Å². The maximum absolute atomic E-state index is 12.0. The highest BCUT2D eigenvalue weighted by atomic mass is 35.5. The molecule has 0 bridgehead atoms. The first-order valence-corrected chi connectivity index (χ1v) is 7.58. The smallest absolute Gasteiger partial charge is 0.314 e. The van der Waals surface area contributed by atoms with Crippen LogP contribution in [0.3, 0.4) is 0 Å². The molecule has 0 aliphatic rings. The maximum Gasteiger partial charge on any atom is 0.314 e. The van der Waals surface area contributed by atoms with Gasteiger partial charge in [-0.3, -0.25) is 19.7 Å². The zero-order valence-corrected chi connectivity index (χ0v) is 13.9. The van der Waals surface area contributed by atoms with Crippen molar-refractivity contribution < 1.29 is 19.2 Å². The average molecular weight is 364 g/mol. The number of anilines is 2. The van der Waals surface area contributed by atoms with E-state index in [4.69, 9.17) is 16.3 Å². The van der Waals surface area contributed by atoms with Gasteiger partial charge in [-0.15, -0.1) is 0 Å². The lowest BCUT2D eigenvalue weighted by Crippen LogP contribution is -2.29. The molecular weight excluding hydrogens is 350 g/mol. The van der Waals surface area contributed by atoms with Gasteiger partial charge in [-0.1, -0.05) is 23.7 Å². The molecule has 0 aromatic heterocycles. The van der Waals surface area contributed by atoms with E-state index in [-0.39, 0.29) is 16.4 Å². The Morgan fingerprint density at radius 3 is 2.40 bits per heavy atom. The highest BCUT2D eigenvalue weighted by Crippen LogP contribution is 2.27. The number of rotatable bonds is 5. The number of hydrogen-bond donors (Lipinski definition) is 2. The summed E-state index contributed by atoms with van der Waals surface area (Å²) in [6.07, 6.45) is 0. The van der Waals surface area contributed by atoms with E-state index in [1.54, 1.807) is 31.2 Å². The third-order valence-electron chi connectivity index (χ3n) is 3.05. The molecule has 0 saturated carbocycles. The Kier molecular flexibility index (Phi) is 5.91. The van der Waals surface area contributed by atoms with E-state index >= 15 is 0 Å². The zero-order valence-electron chi connectivity index (χ0n) is 13.1. The number of halogens is 1. The average Bonchev–Trinajstić information content (AvgIpc) is 2.58. The van der Waals surface area contributed by atoms with E-state index in [0.717, 1.165) is 6.07 Å². The van der Waals surface area contributed by atoms with Gasteiger partial charge >= 0.3 is 11.8 Å². The van der Waals surface area contributed by atoms with Crippen molar-refractivity contribution >= 4 is 40.5 Å². The second-order valence-corrected chi connectivity index (χ2v) is 5.17. The lowest BCUT2D eigenvalue weighted by Gasteiger charge is -2.11. The molecule has 0 spiro atoms. The summed E-state index contributed by atoms with van der Waals surface area (Å²) in [7, 11) is 0. The monoisotopic (exact) mass is 363 g/mol. The number of nitro groups is 1. The fourth-order valence-electron chi connectivity index (χ4n) is 1.93. The van der Waals surface area contributed by atoms with Crippen molar-refractivity contribution in [3.8, 4) is 5.75 Å². The van der Waals surface area contributed by atoms with Gasteiger partial charge in [0.25, 0.3) is 5.69 Å². The number of carbonyl (C=O) groups excluding carboxylic acids is 2. The molecule has 2 aromatic carbocycles. The molecule has 9 heteroatoms. The van der Waals surface area contributed by atoms with Gasteiger partial charge in [0.2, 0.25) is 0 Å². The van der Waals surface area contributed by atoms with Crippen LogP contribution in [0.15, 0.2) is 42.5 Å². The van der Waals surface area contributed by atoms with E-state index in [1.807, 2.05) is 0 Å². The third kappa shape index (κ3) is 4.67. The number of non-ortho nitro benzene ring substituents is 1. The number of ether oxygens (including phenoxy) is 1. The van der Waals surface area contributed by atoms with Crippen molar-refractivity contribution in [3.05, 3.63) is 57.6 Å². The quantitative estimate of drug-likeness (QED) is 0.481. The molecule has 2 rings (SSSR count). The second kappa shape index (κ2) is 8.11. The van der Waals surface area contributed by atoms with Gasteiger partial charge in [0.05, 0.1) is 27.9 Å². The number of hydrogen-bond acceptors (Lipinski definition) is 5. The summed E-state index contributed by atoms with van der Waals surface area (Å²) in [5.74, 6) is -1.57. The third-order valence-corrected chi connectivity index (χ3v) is 3.38. The van der Waals surface area contributed by atoms with Crippen molar-refractivity contribution in [2.75, 3.05) is 17.2 Å². The van der Waals surface area contributed by atoms with Crippen LogP contribution in [0.5, 0.6) is 5.75 Å². The zero-order chi connectivity index (χ0) is 18.4. The number of amides is 2. The molecule has 2 amide bonds. The molecule has 2 aromatic rings. The molecule has 0 heterocycles.